The zero-order valence-electron chi connectivity index (χ0n) is 13.3. The molecule has 0 aliphatic heterocycles. The van der Waals surface area contributed by atoms with Crippen LogP contribution in [0.4, 0.5) is 4.39 Å². The molecule has 5 nitrogen and oxygen atoms in total. The van der Waals surface area contributed by atoms with E-state index in [1.54, 1.807) is 43.3 Å². The van der Waals surface area contributed by atoms with Crippen molar-refractivity contribution in [1.29, 1.82) is 0 Å². The molecule has 0 radical (unpaired) electrons. The highest BCUT2D eigenvalue weighted by Gasteiger charge is 2.08. The molecule has 0 aliphatic rings. The molecule has 0 unspecified atom stereocenters. The number of benzene rings is 2. The summed E-state index contributed by atoms with van der Waals surface area (Å²) in [6, 6.07) is 13.1. The number of hydrogen-bond donors (Lipinski definition) is 2. The molecule has 2 amide bonds. The van der Waals surface area contributed by atoms with Crippen LogP contribution in [0, 0.1) is 5.82 Å². The summed E-state index contributed by atoms with van der Waals surface area (Å²) in [5.41, 5.74) is 1.09. The van der Waals surface area contributed by atoms with Crippen molar-refractivity contribution < 1.29 is 18.7 Å². The lowest BCUT2D eigenvalue weighted by atomic mass is 10.2. The van der Waals surface area contributed by atoms with Crippen molar-refractivity contribution in [3.8, 4) is 5.75 Å². The van der Waals surface area contributed by atoms with Crippen LogP contribution in [0.1, 0.15) is 22.8 Å². The fourth-order valence-electron chi connectivity index (χ4n) is 2.04. The van der Waals surface area contributed by atoms with Gasteiger partial charge in [0.05, 0.1) is 13.2 Å². The van der Waals surface area contributed by atoms with Gasteiger partial charge in [0.1, 0.15) is 0 Å². The summed E-state index contributed by atoms with van der Waals surface area (Å²) in [6.07, 6.45) is 0. The molecular formula is C18H19FN2O3. The average Bonchev–Trinajstić information content (AvgIpc) is 2.61. The van der Waals surface area contributed by atoms with Gasteiger partial charge in [-0.25, -0.2) is 4.39 Å². The van der Waals surface area contributed by atoms with E-state index in [9.17, 15) is 14.0 Å². The lowest BCUT2D eigenvalue weighted by Gasteiger charge is -2.09. The van der Waals surface area contributed by atoms with Crippen molar-refractivity contribution >= 4 is 11.8 Å². The van der Waals surface area contributed by atoms with E-state index in [-0.39, 0.29) is 30.7 Å². The first-order chi connectivity index (χ1) is 11.6. The number of nitrogens with one attached hydrogen (secondary N) is 2. The first kappa shape index (κ1) is 17.5. The zero-order valence-corrected chi connectivity index (χ0v) is 13.3. The lowest BCUT2D eigenvalue weighted by Crippen LogP contribution is -2.36. The molecule has 0 fully saturated rings. The highest BCUT2D eigenvalue weighted by atomic mass is 19.1. The van der Waals surface area contributed by atoms with E-state index in [0.29, 0.717) is 17.7 Å². The standard InChI is InChI=1S/C18H19FN2O3/c1-2-24-16-9-8-13(10-15(16)19)11-20-17(22)12-21-18(23)14-6-4-3-5-7-14/h3-10H,2,11-12H2,1H3,(H,20,22)(H,21,23). The Hall–Kier alpha value is -2.89. The second-order valence-electron chi connectivity index (χ2n) is 5.02. The summed E-state index contributed by atoms with van der Waals surface area (Å²) in [7, 11) is 0. The molecule has 24 heavy (non-hydrogen) atoms. The van der Waals surface area contributed by atoms with E-state index < -0.39 is 5.82 Å². The minimum Gasteiger partial charge on any atom is -0.491 e. The number of carbonyl (C=O) groups excluding carboxylic acids is 2. The van der Waals surface area contributed by atoms with Gasteiger partial charge in [-0.05, 0) is 36.8 Å². The van der Waals surface area contributed by atoms with Gasteiger partial charge >= 0.3 is 0 Å². The van der Waals surface area contributed by atoms with Crippen LogP contribution in [-0.4, -0.2) is 25.0 Å². The van der Waals surface area contributed by atoms with Gasteiger partial charge in [0, 0.05) is 12.1 Å². The molecule has 2 N–H and O–H groups in total. The SMILES string of the molecule is CCOc1ccc(CNC(=O)CNC(=O)c2ccccc2)cc1F. The summed E-state index contributed by atoms with van der Waals surface area (Å²) in [5.74, 6) is -0.963. The second-order valence-corrected chi connectivity index (χ2v) is 5.02. The smallest absolute Gasteiger partial charge is 0.251 e. The van der Waals surface area contributed by atoms with Gasteiger partial charge in [-0.1, -0.05) is 24.3 Å². The monoisotopic (exact) mass is 330 g/mol. The third kappa shape index (κ3) is 5.08. The molecule has 6 heteroatoms. The zero-order chi connectivity index (χ0) is 17.4. The van der Waals surface area contributed by atoms with Crippen molar-refractivity contribution in [2.75, 3.05) is 13.2 Å². The van der Waals surface area contributed by atoms with Crippen molar-refractivity contribution in [1.82, 2.24) is 10.6 Å². The second kappa shape index (κ2) is 8.67. The van der Waals surface area contributed by atoms with Gasteiger partial charge in [0.2, 0.25) is 5.91 Å². The Labute approximate surface area is 139 Å². The fourth-order valence-corrected chi connectivity index (χ4v) is 2.04. The van der Waals surface area contributed by atoms with Gasteiger partial charge in [-0.2, -0.15) is 0 Å². The predicted octanol–water partition coefficient (Wildman–Crippen LogP) is 2.27. The Kier molecular flexibility index (Phi) is 6.31. The van der Waals surface area contributed by atoms with E-state index >= 15 is 0 Å². The lowest BCUT2D eigenvalue weighted by molar-refractivity contribution is -0.120. The summed E-state index contributed by atoms with van der Waals surface area (Å²) < 4.78 is 18.8. The number of halogens is 1. The van der Waals surface area contributed by atoms with Crippen molar-refractivity contribution in [3.63, 3.8) is 0 Å². The van der Waals surface area contributed by atoms with Crippen molar-refractivity contribution in [2.45, 2.75) is 13.5 Å². The Morgan fingerprint density at radius 1 is 1.08 bits per heavy atom. The minimum absolute atomic E-state index is 0.146. The summed E-state index contributed by atoms with van der Waals surface area (Å²) in [5, 5.41) is 5.15. The number of amides is 2. The van der Waals surface area contributed by atoms with Crippen LogP contribution in [0.15, 0.2) is 48.5 Å². The highest BCUT2D eigenvalue weighted by Crippen LogP contribution is 2.18. The Balaban J connectivity index is 1.79. The van der Waals surface area contributed by atoms with Gasteiger partial charge in [0.15, 0.2) is 11.6 Å². The highest BCUT2D eigenvalue weighted by molar-refractivity contribution is 5.96. The molecule has 0 aliphatic carbocycles. The van der Waals surface area contributed by atoms with E-state index in [1.165, 1.54) is 12.1 Å². The third-order valence-corrected chi connectivity index (χ3v) is 3.23. The molecule has 0 atom stereocenters. The van der Waals surface area contributed by atoms with E-state index in [1.807, 2.05) is 0 Å². The molecule has 0 heterocycles. The minimum atomic E-state index is -0.471. The molecule has 2 aromatic rings. The molecule has 0 saturated carbocycles. The van der Waals surface area contributed by atoms with Crippen LogP contribution < -0.4 is 15.4 Å². The maximum atomic E-state index is 13.7. The summed E-state index contributed by atoms with van der Waals surface area (Å²) >= 11 is 0. The van der Waals surface area contributed by atoms with Gasteiger partial charge in [-0.3, -0.25) is 9.59 Å². The topological polar surface area (TPSA) is 67.4 Å². The van der Waals surface area contributed by atoms with Crippen LogP contribution >= 0.6 is 0 Å². The third-order valence-electron chi connectivity index (χ3n) is 3.23. The Morgan fingerprint density at radius 2 is 1.83 bits per heavy atom. The molecular weight excluding hydrogens is 311 g/mol. The maximum Gasteiger partial charge on any atom is 0.251 e. The maximum absolute atomic E-state index is 13.7. The molecule has 126 valence electrons. The fraction of sp³-hybridized carbons (Fsp3) is 0.222. The number of hydrogen-bond acceptors (Lipinski definition) is 3. The molecule has 0 bridgehead atoms. The van der Waals surface area contributed by atoms with Crippen molar-refractivity contribution in [2.24, 2.45) is 0 Å². The van der Waals surface area contributed by atoms with Crippen LogP contribution in [0.3, 0.4) is 0 Å². The summed E-state index contributed by atoms with van der Waals surface area (Å²) in [4.78, 5) is 23.6. The van der Waals surface area contributed by atoms with Gasteiger partial charge in [-0.15, -0.1) is 0 Å². The van der Waals surface area contributed by atoms with Crippen molar-refractivity contribution in [3.05, 3.63) is 65.5 Å². The van der Waals surface area contributed by atoms with Gasteiger partial charge in [0.25, 0.3) is 5.91 Å². The van der Waals surface area contributed by atoms with E-state index in [4.69, 9.17) is 4.74 Å². The normalized spacial score (nSPS) is 10.1. The molecule has 2 aromatic carbocycles. The van der Waals surface area contributed by atoms with Crippen LogP contribution in [0.2, 0.25) is 0 Å². The summed E-state index contributed by atoms with van der Waals surface area (Å²) in [6.45, 7) is 2.18. The largest absolute Gasteiger partial charge is 0.491 e. The van der Waals surface area contributed by atoms with E-state index in [2.05, 4.69) is 10.6 Å². The van der Waals surface area contributed by atoms with E-state index in [0.717, 1.165) is 0 Å². The van der Waals surface area contributed by atoms with Crippen LogP contribution in [0.25, 0.3) is 0 Å². The average molecular weight is 330 g/mol. The molecule has 0 aromatic heterocycles. The Bertz CT molecular complexity index is 705. The number of rotatable bonds is 7. The number of ether oxygens (including phenoxy) is 1. The molecule has 0 spiro atoms. The van der Waals surface area contributed by atoms with Gasteiger partial charge < -0.3 is 15.4 Å². The predicted molar refractivity (Wildman–Crippen MR) is 88.2 cm³/mol. The molecule has 0 saturated heterocycles. The Morgan fingerprint density at radius 3 is 2.50 bits per heavy atom. The molecule has 2 rings (SSSR count). The quantitative estimate of drug-likeness (QED) is 0.818. The first-order valence-corrected chi connectivity index (χ1v) is 7.61. The number of carbonyl (C=O) groups is 2. The van der Waals surface area contributed by atoms with Crippen LogP contribution in [-0.2, 0) is 11.3 Å². The first-order valence-electron chi connectivity index (χ1n) is 7.61. The van der Waals surface area contributed by atoms with Crippen LogP contribution in [0.5, 0.6) is 5.75 Å².